The van der Waals surface area contributed by atoms with Crippen LogP contribution in [0.5, 0.6) is 0 Å². The zero-order chi connectivity index (χ0) is 14.0. The quantitative estimate of drug-likeness (QED) is 0.876. The van der Waals surface area contributed by atoms with E-state index in [1.807, 2.05) is 23.7 Å². The van der Waals surface area contributed by atoms with Gasteiger partial charge in [0.05, 0.1) is 6.04 Å². The second-order valence-electron chi connectivity index (χ2n) is 4.75. The molecule has 0 saturated carbocycles. The van der Waals surface area contributed by atoms with Gasteiger partial charge in [-0.05, 0) is 48.4 Å². The molecule has 0 aliphatic rings. The molecule has 1 atom stereocenters. The first-order valence-corrected chi connectivity index (χ1v) is 7.17. The van der Waals surface area contributed by atoms with Crippen LogP contribution in [0.25, 0.3) is 11.4 Å². The van der Waals surface area contributed by atoms with Crippen molar-refractivity contribution >= 4 is 21.6 Å². The van der Waals surface area contributed by atoms with E-state index >= 15 is 0 Å². The van der Waals surface area contributed by atoms with Crippen LogP contribution in [0.4, 0.5) is 5.69 Å². The highest BCUT2D eigenvalue weighted by molar-refractivity contribution is 9.10. The summed E-state index contributed by atoms with van der Waals surface area (Å²) in [5.41, 5.74) is 8.72. The minimum atomic E-state index is 0.273. The highest BCUT2D eigenvalue weighted by atomic mass is 79.9. The topological polar surface area (TPSA) is 69.6 Å². The van der Waals surface area contributed by atoms with Crippen LogP contribution in [-0.2, 0) is 0 Å². The molecule has 5 nitrogen and oxygen atoms in total. The third-order valence-electron chi connectivity index (χ3n) is 3.27. The van der Waals surface area contributed by atoms with Gasteiger partial charge in [0.15, 0.2) is 5.82 Å². The molecule has 102 valence electrons. The minimum Gasteiger partial charge on any atom is -0.398 e. The van der Waals surface area contributed by atoms with E-state index in [2.05, 4.69) is 45.3 Å². The maximum atomic E-state index is 6.00. The van der Waals surface area contributed by atoms with Crippen LogP contribution in [0, 0.1) is 6.92 Å². The number of nitrogens with two attached hydrogens (primary N) is 1. The van der Waals surface area contributed by atoms with Crippen LogP contribution in [0.2, 0.25) is 0 Å². The van der Waals surface area contributed by atoms with Crippen molar-refractivity contribution in [3.05, 3.63) is 22.2 Å². The molecule has 2 N–H and O–H groups in total. The number of nitrogen functional groups attached to an aromatic ring is 1. The van der Waals surface area contributed by atoms with E-state index < -0.39 is 0 Å². The molecule has 2 aromatic rings. The SMILES string of the molecule is CCCC(C)n1nnnc1-c1cc(Br)cc(N)c1C. The molecule has 0 fully saturated rings. The predicted octanol–water partition coefficient (Wildman–Crippen LogP) is 3.35. The van der Waals surface area contributed by atoms with Crippen molar-refractivity contribution in [2.24, 2.45) is 0 Å². The molecule has 19 heavy (non-hydrogen) atoms. The number of halogens is 1. The highest BCUT2D eigenvalue weighted by Gasteiger charge is 2.17. The number of tetrazole rings is 1. The summed E-state index contributed by atoms with van der Waals surface area (Å²) in [6.07, 6.45) is 2.14. The first-order chi connectivity index (χ1) is 9.04. The zero-order valence-corrected chi connectivity index (χ0v) is 13.0. The number of benzene rings is 1. The normalized spacial score (nSPS) is 12.6. The van der Waals surface area contributed by atoms with Crippen molar-refractivity contribution in [1.82, 2.24) is 20.2 Å². The molecular weight excluding hydrogens is 306 g/mol. The van der Waals surface area contributed by atoms with Gasteiger partial charge in [0.25, 0.3) is 0 Å². The van der Waals surface area contributed by atoms with Crippen LogP contribution in [0.15, 0.2) is 16.6 Å². The van der Waals surface area contributed by atoms with Gasteiger partial charge in [0.1, 0.15) is 0 Å². The fourth-order valence-corrected chi connectivity index (χ4v) is 2.62. The Morgan fingerprint density at radius 1 is 1.42 bits per heavy atom. The van der Waals surface area contributed by atoms with Crippen molar-refractivity contribution in [2.75, 3.05) is 5.73 Å². The molecule has 0 bridgehead atoms. The van der Waals surface area contributed by atoms with Gasteiger partial charge in [-0.3, -0.25) is 0 Å². The van der Waals surface area contributed by atoms with Crippen LogP contribution >= 0.6 is 15.9 Å². The van der Waals surface area contributed by atoms with Crippen LogP contribution in [-0.4, -0.2) is 20.2 Å². The van der Waals surface area contributed by atoms with E-state index in [0.29, 0.717) is 0 Å². The molecule has 2 rings (SSSR count). The van der Waals surface area contributed by atoms with Crippen LogP contribution < -0.4 is 5.73 Å². The fourth-order valence-electron chi connectivity index (χ4n) is 2.14. The Morgan fingerprint density at radius 2 is 2.16 bits per heavy atom. The van der Waals surface area contributed by atoms with E-state index in [9.17, 15) is 0 Å². The van der Waals surface area contributed by atoms with Crippen molar-refractivity contribution in [3.63, 3.8) is 0 Å². The summed E-state index contributed by atoms with van der Waals surface area (Å²) in [5.74, 6) is 0.770. The Morgan fingerprint density at radius 3 is 2.84 bits per heavy atom. The molecule has 1 heterocycles. The standard InChI is InChI=1S/C13H18BrN5/c1-4-5-8(2)19-13(16-17-18-19)11-6-10(14)7-12(15)9(11)3/h6-8H,4-5,15H2,1-3H3. The molecule has 6 heteroatoms. The van der Waals surface area contributed by atoms with Crippen LogP contribution in [0.3, 0.4) is 0 Å². The Balaban J connectivity index is 2.51. The monoisotopic (exact) mass is 323 g/mol. The zero-order valence-electron chi connectivity index (χ0n) is 11.4. The summed E-state index contributed by atoms with van der Waals surface area (Å²) < 4.78 is 2.81. The maximum Gasteiger partial charge on any atom is 0.182 e. The predicted molar refractivity (Wildman–Crippen MR) is 79.7 cm³/mol. The lowest BCUT2D eigenvalue weighted by Gasteiger charge is -2.14. The average Bonchev–Trinajstić information content (AvgIpc) is 2.83. The number of nitrogens with zero attached hydrogens (tertiary/aromatic N) is 4. The van der Waals surface area contributed by atoms with Gasteiger partial charge in [-0.2, -0.15) is 0 Å². The number of anilines is 1. The van der Waals surface area contributed by atoms with E-state index in [1.54, 1.807) is 0 Å². The Kier molecular flexibility index (Phi) is 4.19. The summed E-state index contributed by atoms with van der Waals surface area (Å²) in [4.78, 5) is 0. The van der Waals surface area contributed by atoms with E-state index in [0.717, 1.165) is 40.0 Å². The average molecular weight is 324 g/mol. The molecular formula is C13H18BrN5. The second kappa shape index (κ2) is 5.69. The maximum absolute atomic E-state index is 6.00. The van der Waals surface area contributed by atoms with Crippen LogP contribution in [0.1, 0.15) is 38.3 Å². The number of rotatable bonds is 4. The Labute approximate surface area is 121 Å². The first kappa shape index (κ1) is 14.0. The molecule has 1 aromatic heterocycles. The number of hydrogen-bond donors (Lipinski definition) is 1. The Hall–Kier alpha value is -1.43. The molecule has 0 aliphatic heterocycles. The summed E-state index contributed by atoms with van der Waals surface area (Å²) in [6.45, 7) is 6.27. The van der Waals surface area contributed by atoms with Gasteiger partial charge in [0.2, 0.25) is 0 Å². The van der Waals surface area contributed by atoms with Gasteiger partial charge in [-0.15, -0.1) is 5.10 Å². The third-order valence-corrected chi connectivity index (χ3v) is 3.73. The molecule has 0 saturated heterocycles. The summed E-state index contributed by atoms with van der Waals surface area (Å²) in [7, 11) is 0. The largest absolute Gasteiger partial charge is 0.398 e. The van der Waals surface area contributed by atoms with Crippen molar-refractivity contribution in [2.45, 2.75) is 39.7 Å². The first-order valence-electron chi connectivity index (χ1n) is 6.38. The second-order valence-corrected chi connectivity index (χ2v) is 5.67. The molecule has 0 aliphatic carbocycles. The summed E-state index contributed by atoms with van der Waals surface area (Å²) in [5, 5.41) is 12.1. The van der Waals surface area contributed by atoms with E-state index in [4.69, 9.17) is 5.73 Å². The van der Waals surface area contributed by atoms with Gasteiger partial charge in [-0.25, -0.2) is 4.68 Å². The van der Waals surface area contributed by atoms with Crippen molar-refractivity contribution in [3.8, 4) is 11.4 Å². The van der Waals surface area contributed by atoms with Crippen molar-refractivity contribution < 1.29 is 0 Å². The number of aromatic nitrogens is 4. The Bertz CT molecular complexity index is 578. The lowest BCUT2D eigenvalue weighted by Crippen LogP contribution is -2.09. The van der Waals surface area contributed by atoms with Crippen molar-refractivity contribution in [1.29, 1.82) is 0 Å². The van der Waals surface area contributed by atoms with E-state index in [1.165, 1.54) is 0 Å². The lowest BCUT2D eigenvalue weighted by atomic mass is 10.1. The molecule has 0 radical (unpaired) electrons. The number of hydrogen-bond acceptors (Lipinski definition) is 4. The minimum absolute atomic E-state index is 0.273. The van der Waals surface area contributed by atoms with Gasteiger partial charge in [-0.1, -0.05) is 29.3 Å². The summed E-state index contributed by atoms with van der Waals surface area (Å²) in [6, 6.07) is 4.17. The third kappa shape index (κ3) is 2.78. The molecule has 1 aromatic carbocycles. The lowest BCUT2D eigenvalue weighted by molar-refractivity contribution is 0.447. The highest BCUT2D eigenvalue weighted by Crippen LogP contribution is 2.31. The van der Waals surface area contributed by atoms with Gasteiger partial charge in [0, 0.05) is 15.7 Å². The molecule has 1 unspecified atom stereocenters. The molecule has 0 spiro atoms. The summed E-state index contributed by atoms with van der Waals surface area (Å²) >= 11 is 3.47. The smallest absolute Gasteiger partial charge is 0.182 e. The molecule has 0 amide bonds. The van der Waals surface area contributed by atoms with Gasteiger partial charge >= 0.3 is 0 Å². The van der Waals surface area contributed by atoms with E-state index in [-0.39, 0.29) is 6.04 Å². The fraction of sp³-hybridized carbons (Fsp3) is 0.462. The van der Waals surface area contributed by atoms with Gasteiger partial charge < -0.3 is 5.73 Å².